The summed E-state index contributed by atoms with van der Waals surface area (Å²) in [6.07, 6.45) is 10.8. The van der Waals surface area contributed by atoms with E-state index in [2.05, 4.69) is 61.7 Å². The average molecular weight is 277 g/mol. The van der Waals surface area contributed by atoms with Crippen LogP contribution in [0.15, 0.2) is 23.8 Å². The molecule has 0 bridgehead atoms. The van der Waals surface area contributed by atoms with E-state index in [-0.39, 0.29) is 17.1 Å². The van der Waals surface area contributed by atoms with Crippen molar-refractivity contribution >= 4 is 6.03 Å². The molecule has 2 fully saturated rings. The second-order valence-corrected chi connectivity index (χ2v) is 6.26. The van der Waals surface area contributed by atoms with Crippen molar-refractivity contribution in [1.29, 1.82) is 0 Å². The van der Waals surface area contributed by atoms with Gasteiger partial charge >= 0.3 is 6.03 Å². The number of carbonyl (C=O) groups excluding carboxylic acids is 1. The number of amides is 2. The van der Waals surface area contributed by atoms with Crippen LogP contribution in [-0.4, -0.2) is 42.6 Å². The lowest BCUT2D eigenvalue weighted by Crippen LogP contribution is -2.56. The summed E-state index contributed by atoms with van der Waals surface area (Å²) in [5.41, 5.74) is 1.46. The van der Waals surface area contributed by atoms with E-state index in [1.807, 2.05) is 0 Å². The van der Waals surface area contributed by atoms with Crippen molar-refractivity contribution in [2.75, 3.05) is 20.6 Å². The molecule has 0 aromatic heterocycles. The summed E-state index contributed by atoms with van der Waals surface area (Å²) in [5.74, 6) is 0. The van der Waals surface area contributed by atoms with E-state index in [0.29, 0.717) is 0 Å². The Bertz CT molecular complexity index is 429. The first-order valence-corrected chi connectivity index (χ1v) is 7.51. The molecule has 2 N–H and O–H groups in total. The molecule has 1 saturated carbocycles. The summed E-state index contributed by atoms with van der Waals surface area (Å²) >= 11 is 0. The molecule has 0 unspecified atom stereocenters. The van der Waals surface area contributed by atoms with Gasteiger partial charge in [-0.25, -0.2) is 4.79 Å². The summed E-state index contributed by atoms with van der Waals surface area (Å²) in [7, 11) is 4.33. The first-order valence-electron chi connectivity index (χ1n) is 7.51. The maximum Gasteiger partial charge on any atom is 0.315 e. The fraction of sp³-hybridized carbons (Fsp3) is 0.688. The molecule has 0 aromatic carbocycles. The lowest BCUT2D eigenvalue weighted by Gasteiger charge is -2.49. The third kappa shape index (κ3) is 2.49. The molecule has 20 heavy (non-hydrogen) atoms. The van der Waals surface area contributed by atoms with E-state index in [0.717, 1.165) is 32.2 Å². The van der Waals surface area contributed by atoms with Crippen molar-refractivity contribution < 1.29 is 4.79 Å². The maximum absolute atomic E-state index is 11.4. The lowest BCUT2D eigenvalue weighted by molar-refractivity contribution is 0.101. The van der Waals surface area contributed by atoms with Crippen molar-refractivity contribution in [2.45, 2.75) is 50.6 Å². The van der Waals surface area contributed by atoms with Crippen LogP contribution >= 0.6 is 0 Å². The summed E-state index contributed by atoms with van der Waals surface area (Å²) in [4.78, 5) is 13.8. The number of nitrogens with one attached hydrogen (secondary N) is 2. The quantitative estimate of drug-likeness (QED) is 0.778. The minimum absolute atomic E-state index is 0.0120. The number of hydrogen-bond acceptors (Lipinski definition) is 2. The second-order valence-electron chi connectivity index (χ2n) is 6.26. The van der Waals surface area contributed by atoms with Crippen LogP contribution in [0.2, 0.25) is 0 Å². The number of hydrogen-bond donors (Lipinski definition) is 2. The van der Waals surface area contributed by atoms with E-state index in [9.17, 15) is 4.79 Å². The molecule has 1 aliphatic heterocycles. The molecular weight excluding hydrogens is 250 g/mol. The summed E-state index contributed by atoms with van der Waals surface area (Å²) in [6.45, 7) is 4.95. The highest BCUT2D eigenvalue weighted by molar-refractivity contribution is 5.77. The van der Waals surface area contributed by atoms with Crippen molar-refractivity contribution in [3.8, 4) is 0 Å². The molecule has 4 nitrogen and oxygen atoms in total. The van der Waals surface area contributed by atoms with Gasteiger partial charge in [0.15, 0.2) is 0 Å². The number of likely N-dealkylation sites (N-methyl/N-ethyl adjacent to an activating group) is 1. The number of urea groups is 1. The van der Waals surface area contributed by atoms with Gasteiger partial charge in [-0.3, -0.25) is 4.90 Å². The molecule has 2 amide bonds. The zero-order chi connectivity index (χ0) is 14.8. The van der Waals surface area contributed by atoms with Crippen molar-refractivity contribution in [3.63, 3.8) is 0 Å². The summed E-state index contributed by atoms with van der Waals surface area (Å²) in [5, 5.41) is 6.04. The van der Waals surface area contributed by atoms with Crippen LogP contribution in [0, 0.1) is 0 Å². The second kappa shape index (κ2) is 5.60. The molecule has 4 heteroatoms. The minimum Gasteiger partial charge on any atom is -0.336 e. The number of rotatable bonds is 3. The zero-order valence-corrected chi connectivity index (χ0v) is 13.1. The van der Waals surface area contributed by atoms with Gasteiger partial charge in [0.25, 0.3) is 0 Å². The Labute approximate surface area is 122 Å². The monoisotopic (exact) mass is 277 g/mol. The van der Waals surface area contributed by atoms with Crippen LogP contribution in [-0.2, 0) is 0 Å². The van der Waals surface area contributed by atoms with Crippen LogP contribution < -0.4 is 10.6 Å². The van der Waals surface area contributed by atoms with Gasteiger partial charge in [0.05, 0.1) is 5.54 Å². The van der Waals surface area contributed by atoms with Gasteiger partial charge in [-0.1, -0.05) is 18.2 Å². The standard InChI is InChI=1S/C16H27N3O/c1-5-7-13(6-2)16(19(3)4)10-8-15(9-11-16)12-17-14(20)18-15/h5-7H,8-12H2,1-4H3,(H2,17,18,20)/b7-5-,13-6+. The van der Waals surface area contributed by atoms with Crippen molar-refractivity contribution in [2.24, 2.45) is 0 Å². The Hall–Kier alpha value is -1.29. The van der Waals surface area contributed by atoms with Crippen LogP contribution in [0.1, 0.15) is 39.5 Å². The van der Waals surface area contributed by atoms with E-state index in [4.69, 9.17) is 0 Å². The van der Waals surface area contributed by atoms with E-state index >= 15 is 0 Å². The Morgan fingerprint density at radius 3 is 2.25 bits per heavy atom. The van der Waals surface area contributed by atoms with E-state index < -0.39 is 0 Å². The van der Waals surface area contributed by atoms with Gasteiger partial charge in [-0.2, -0.15) is 0 Å². The molecule has 2 aliphatic rings. The lowest BCUT2D eigenvalue weighted by atomic mass is 9.68. The smallest absolute Gasteiger partial charge is 0.315 e. The Balaban J connectivity index is 2.20. The topological polar surface area (TPSA) is 44.4 Å². The Morgan fingerprint density at radius 2 is 1.85 bits per heavy atom. The van der Waals surface area contributed by atoms with Crippen molar-refractivity contribution in [3.05, 3.63) is 23.8 Å². The molecule has 0 atom stereocenters. The fourth-order valence-corrected chi connectivity index (χ4v) is 3.72. The highest BCUT2D eigenvalue weighted by atomic mass is 16.2. The molecule has 1 spiro atoms. The van der Waals surface area contributed by atoms with Crippen LogP contribution in [0.4, 0.5) is 4.79 Å². The Kier molecular flexibility index (Phi) is 4.23. The van der Waals surface area contributed by atoms with Crippen molar-refractivity contribution in [1.82, 2.24) is 15.5 Å². The van der Waals surface area contributed by atoms with Gasteiger partial charge in [0.1, 0.15) is 0 Å². The highest BCUT2D eigenvalue weighted by Gasteiger charge is 2.47. The molecule has 0 radical (unpaired) electrons. The molecule has 1 heterocycles. The average Bonchev–Trinajstić information content (AvgIpc) is 2.79. The molecule has 1 saturated heterocycles. The van der Waals surface area contributed by atoms with Gasteiger partial charge in [-0.15, -0.1) is 0 Å². The third-order valence-electron chi connectivity index (χ3n) is 5.05. The van der Waals surface area contributed by atoms with Gasteiger partial charge in [0.2, 0.25) is 0 Å². The number of nitrogens with zero attached hydrogens (tertiary/aromatic N) is 1. The molecule has 1 aliphatic carbocycles. The molecule has 0 aromatic rings. The third-order valence-corrected chi connectivity index (χ3v) is 5.05. The van der Waals surface area contributed by atoms with Crippen LogP contribution in [0.25, 0.3) is 0 Å². The van der Waals surface area contributed by atoms with Gasteiger partial charge < -0.3 is 10.6 Å². The maximum atomic E-state index is 11.4. The van der Waals surface area contributed by atoms with E-state index in [1.165, 1.54) is 5.57 Å². The van der Waals surface area contributed by atoms with Gasteiger partial charge in [-0.05, 0) is 59.2 Å². The van der Waals surface area contributed by atoms with Crippen LogP contribution in [0.5, 0.6) is 0 Å². The van der Waals surface area contributed by atoms with Gasteiger partial charge in [0, 0.05) is 12.1 Å². The minimum atomic E-state index is -0.0224. The first kappa shape index (κ1) is 15.1. The predicted octanol–water partition coefficient (Wildman–Crippen LogP) is 2.43. The van der Waals surface area contributed by atoms with E-state index in [1.54, 1.807) is 0 Å². The highest BCUT2D eigenvalue weighted by Crippen LogP contribution is 2.43. The summed E-state index contributed by atoms with van der Waals surface area (Å²) in [6, 6.07) is -0.0120. The summed E-state index contributed by atoms with van der Waals surface area (Å²) < 4.78 is 0. The van der Waals surface area contributed by atoms with Crippen LogP contribution in [0.3, 0.4) is 0 Å². The number of carbonyl (C=O) groups is 1. The molecular formula is C16H27N3O. The first-order chi connectivity index (χ1) is 9.48. The zero-order valence-electron chi connectivity index (χ0n) is 13.1. The SMILES string of the molecule is C/C=C\C(=C/C)C1(N(C)C)CCC2(CC1)CNC(=O)N2. The largest absolute Gasteiger partial charge is 0.336 e. The number of allylic oxidation sites excluding steroid dienone is 2. The normalized spacial score (nSPS) is 34.9. The molecule has 112 valence electrons. The molecule has 2 rings (SSSR count). The fourth-order valence-electron chi connectivity index (χ4n) is 3.72. The predicted molar refractivity (Wildman–Crippen MR) is 82.7 cm³/mol. The Morgan fingerprint density at radius 1 is 1.20 bits per heavy atom.